The number of nitrogens with zero attached hydrogens (tertiary/aromatic N) is 1. The number of aromatic nitrogens is 2. The van der Waals surface area contributed by atoms with Crippen LogP contribution in [0, 0.1) is 13.8 Å². The quantitative estimate of drug-likeness (QED) is 0.798. The summed E-state index contributed by atoms with van der Waals surface area (Å²) in [6, 6.07) is 6.20. The first kappa shape index (κ1) is 10.4. The van der Waals surface area contributed by atoms with Crippen LogP contribution in [0.2, 0.25) is 0 Å². The van der Waals surface area contributed by atoms with E-state index in [1.807, 2.05) is 12.1 Å². The van der Waals surface area contributed by atoms with Gasteiger partial charge in [0.25, 0.3) is 5.56 Å². The van der Waals surface area contributed by atoms with Crippen LogP contribution in [0.15, 0.2) is 23.0 Å². The van der Waals surface area contributed by atoms with Crippen molar-refractivity contribution in [2.45, 2.75) is 33.1 Å². The molecule has 88 valence electrons. The summed E-state index contributed by atoms with van der Waals surface area (Å²) in [5.41, 5.74) is 5.53. The number of benzene rings is 1. The summed E-state index contributed by atoms with van der Waals surface area (Å²) in [4.78, 5) is 12.2. The fourth-order valence-electron chi connectivity index (χ4n) is 2.69. The van der Waals surface area contributed by atoms with Crippen molar-refractivity contribution in [3.8, 4) is 5.69 Å². The van der Waals surface area contributed by atoms with E-state index in [0.717, 1.165) is 36.2 Å². The molecule has 1 aliphatic carbocycles. The fourth-order valence-corrected chi connectivity index (χ4v) is 2.69. The van der Waals surface area contributed by atoms with Crippen molar-refractivity contribution in [1.29, 1.82) is 0 Å². The Balaban J connectivity index is 2.19. The van der Waals surface area contributed by atoms with Crippen molar-refractivity contribution < 1.29 is 0 Å². The summed E-state index contributed by atoms with van der Waals surface area (Å²) in [5, 5.41) is 3.24. The average molecular weight is 228 g/mol. The van der Waals surface area contributed by atoms with Gasteiger partial charge < -0.3 is 0 Å². The maximum absolute atomic E-state index is 12.2. The molecule has 0 fully saturated rings. The van der Waals surface area contributed by atoms with E-state index >= 15 is 0 Å². The molecular formula is C14H16N2O. The normalized spacial score (nSPS) is 14.0. The lowest BCUT2D eigenvalue weighted by Crippen LogP contribution is -2.17. The SMILES string of the molecule is Cc1cc(C)cc(-n2[nH]c3c(c2=O)CCC3)c1. The second kappa shape index (κ2) is 3.62. The molecule has 0 aliphatic heterocycles. The van der Waals surface area contributed by atoms with Gasteiger partial charge in [-0.05, 0) is 56.4 Å². The zero-order chi connectivity index (χ0) is 12.0. The topological polar surface area (TPSA) is 37.8 Å². The van der Waals surface area contributed by atoms with Crippen molar-refractivity contribution in [3.05, 3.63) is 50.9 Å². The molecule has 0 spiro atoms. The number of hydrogen-bond donors (Lipinski definition) is 1. The van der Waals surface area contributed by atoms with Gasteiger partial charge in [-0.15, -0.1) is 0 Å². The highest BCUT2D eigenvalue weighted by Crippen LogP contribution is 2.18. The molecule has 0 unspecified atom stereocenters. The molecule has 3 nitrogen and oxygen atoms in total. The second-order valence-corrected chi connectivity index (χ2v) is 4.91. The Morgan fingerprint density at radius 1 is 1.12 bits per heavy atom. The van der Waals surface area contributed by atoms with Crippen molar-refractivity contribution >= 4 is 0 Å². The summed E-state index contributed by atoms with van der Waals surface area (Å²) in [6.07, 6.45) is 3.02. The van der Waals surface area contributed by atoms with Crippen LogP contribution in [0.3, 0.4) is 0 Å². The minimum absolute atomic E-state index is 0.127. The van der Waals surface area contributed by atoms with Crippen LogP contribution < -0.4 is 5.56 Å². The number of rotatable bonds is 1. The van der Waals surface area contributed by atoms with E-state index in [1.54, 1.807) is 4.68 Å². The minimum Gasteiger partial charge on any atom is -0.295 e. The van der Waals surface area contributed by atoms with Crippen LogP contribution in [0.5, 0.6) is 0 Å². The monoisotopic (exact) mass is 228 g/mol. The standard InChI is InChI=1S/C14H16N2O/c1-9-6-10(2)8-11(7-9)16-14(17)12-4-3-5-13(12)15-16/h6-8,15H,3-5H2,1-2H3. The predicted octanol–water partition coefficient (Wildman–Crippen LogP) is 2.27. The molecule has 0 saturated carbocycles. The lowest BCUT2D eigenvalue weighted by Gasteiger charge is -2.05. The Labute approximate surface area is 100 Å². The Hall–Kier alpha value is -1.77. The largest absolute Gasteiger partial charge is 0.295 e. The summed E-state index contributed by atoms with van der Waals surface area (Å²) in [7, 11) is 0. The zero-order valence-corrected chi connectivity index (χ0v) is 10.2. The van der Waals surface area contributed by atoms with Crippen LogP contribution >= 0.6 is 0 Å². The molecule has 0 bridgehead atoms. The fraction of sp³-hybridized carbons (Fsp3) is 0.357. The average Bonchev–Trinajstić information content (AvgIpc) is 2.80. The van der Waals surface area contributed by atoms with Crippen LogP contribution in [-0.4, -0.2) is 9.78 Å². The lowest BCUT2D eigenvalue weighted by molar-refractivity contribution is 0.778. The summed E-state index contributed by atoms with van der Waals surface area (Å²) in [5.74, 6) is 0. The van der Waals surface area contributed by atoms with Gasteiger partial charge in [0.05, 0.1) is 5.69 Å². The van der Waals surface area contributed by atoms with Gasteiger partial charge in [0, 0.05) is 11.3 Å². The van der Waals surface area contributed by atoms with E-state index in [-0.39, 0.29) is 5.56 Å². The van der Waals surface area contributed by atoms with Gasteiger partial charge in [0.2, 0.25) is 0 Å². The number of aryl methyl sites for hydroxylation is 3. The van der Waals surface area contributed by atoms with Gasteiger partial charge in [0.15, 0.2) is 0 Å². The van der Waals surface area contributed by atoms with Crippen molar-refractivity contribution in [3.63, 3.8) is 0 Å². The number of fused-ring (bicyclic) bond motifs is 1. The molecule has 3 heteroatoms. The van der Waals surface area contributed by atoms with Crippen LogP contribution in [0.25, 0.3) is 5.69 Å². The molecule has 1 heterocycles. The second-order valence-electron chi connectivity index (χ2n) is 4.91. The maximum atomic E-state index is 12.2. The molecule has 0 saturated heterocycles. The third-order valence-corrected chi connectivity index (χ3v) is 3.39. The first-order valence-corrected chi connectivity index (χ1v) is 6.06. The zero-order valence-electron chi connectivity index (χ0n) is 10.2. The van der Waals surface area contributed by atoms with Crippen molar-refractivity contribution in [2.75, 3.05) is 0 Å². The van der Waals surface area contributed by atoms with Crippen LogP contribution in [0.4, 0.5) is 0 Å². The first-order valence-electron chi connectivity index (χ1n) is 6.06. The number of aromatic amines is 1. The third-order valence-electron chi connectivity index (χ3n) is 3.39. The van der Waals surface area contributed by atoms with Crippen molar-refractivity contribution in [2.24, 2.45) is 0 Å². The molecule has 3 rings (SSSR count). The summed E-state index contributed by atoms with van der Waals surface area (Å²) >= 11 is 0. The highest BCUT2D eigenvalue weighted by molar-refractivity contribution is 5.40. The van der Waals surface area contributed by atoms with Gasteiger partial charge in [-0.25, -0.2) is 4.68 Å². The van der Waals surface area contributed by atoms with E-state index in [1.165, 1.54) is 11.1 Å². The smallest absolute Gasteiger partial charge is 0.274 e. The molecule has 2 aromatic rings. The molecule has 1 N–H and O–H groups in total. The minimum atomic E-state index is 0.127. The number of nitrogens with one attached hydrogen (secondary N) is 1. The van der Waals surface area contributed by atoms with Crippen molar-refractivity contribution in [1.82, 2.24) is 9.78 Å². The molecule has 1 aromatic carbocycles. The van der Waals surface area contributed by atoms with E-state index in [9.17, 15) is 4.79 Å². The highest BCUT2D eigenvalue weighted by atomic mass is 16.1. The van der Waals surface area contributed by atoms with Gasteiger partial charge in [-0.2, -0.15) is 0 Å². The lowest BCUT2D eigenvalue weighted by atomic mass is 10.1. The van der Waals surface area contributed by atoms with Crippen LogP contribution in [-0.2, 0) is 12.8 Å². The summed E-state index contributed by atoms with van der Waals surface area (Å²) in [6.45, 7) is 4.11. The Morgan fingerprint density at radius 3 is 2.47 bits per heavy atom. The Bertz CT molecular complexity index is 614. The molecule has 0 atom stereocenters. The van der Waals surface area contributed by atoms with E-state index in [0.29, 0.717) is 0 Å². The molecule has 1 aliphatic rings. The molecule has 0 radical (unpaired) electrons. The molecule has 0 amide bonds. The predicted molar refractivity (Wildman–Crippen MR) is 67.9 cm³/mol. The number of H-pyrrole nitrogens is 1. The van der Waals surface area contributed by atoms with E-state index in [2.05, 4.69) is 25.0 Å². The Kier molecular flexibility index (Phi) is 2.21. The first-order chi connectivity index (χ1) is 8.15. The summed E-state index contributed by atoms with van der Waals surface area (Å²) < 4.78 is 1.68. The molecule has 1 aromatic heterocycles. The highest BCUT2D eigenvalue weighted by Gasteiger charge is 2.19. The van der Waals surface area contributed by atoms with E-state index in [4.69, 9.17) is 0 Å². The van der Waals surface area contributed by atoms with Gasteiger partial charge in [-0.3, -0.25) is 9.89 Å². The van der Waals surface area contributed by atoms with Crippen LogP contribution in [0.1, 0.15) is 28.8 Å². The van der Waals surface area contributed by atoms with E-state index < -0.39 is 0 Å². The molecule has 17 heavy (non-hydrogen) atoms. The Morgan fingerprint density at radius 2 is 1.82 bits per heavy atom. The maximum Gasteiger partial charge on any atom is 0.274 e. The number of hydrogen-bond acceptors (Lipinski definition) is 1. The van der Waals surface area contributed by atoms with Gasteiger partial charge in [0.1, 0.15) is 0 Å². The van der Waals surface area contributed by atoms with Gasteiger partial charge in [-0.1, -0.05) is 6.07 Å². The third kappa shape index (κ3) is 1.62. The molecular weight excluding hydrogens is 212 g/mol. The van der Waals surface area contributed by atoms with Gasteiger partial charge >= 0.3 is 0 Å².